The Hall–Kier alpha value is -2.64. The molecule has 4 aromatic rings. The smallest absolute Gasteiger partial charge is 0.262 e. The average Bonchev–Trinajstić information content (AvgIpc) is 3.21. The van der Waals surface area contributed by atoms with Gasteiger partial charge in [0, 0.05) is 22.7 Å². The van der Waals surface area contributed by atoms with Crippen LogP contribution in [0.3, 0.4) is 0 Å². The van der Waals surface area contributed by atoms with E-state index in [1.54, 1.807) is 34.8 Å². The Kier molecular flexibility index (Phi) is 5.69. The number of hydrogen-bond donors (Lipinski definition) is 0. The van der Waals surface area contributed by atoms with Crippen molar-refractivity contribution in [1.82, 2.24) is 14.5 Å². The summed E-state index contributed by atoms with van der Waals surface area (Å²) >= 11 is 3.16. The number of thioether (sulfide) groups is 1. The number of aromatic nitrogens is 3. The summed E-state index contributed by atoms with van der Waals surface area (Å²) in [6.45, 7) is 4.01. The molecule has 148 valence electrons. The first-order valence-corrected chi connectivity index (χ1v) is 11.2. The fourth-order valence-electron chi connectivity index (χ4n) is 3.06. The van der Waals surface area contributed by atoms with Crippen LogP contribution in [0.4, 0.5) is 0 Å². The number of nitrogens with zero attached hydrogens (tertiary/aromatic N) is 3. The lowest BCUT2D eigenvalue weighted by Gasteiger charge is -2.15. The van der Waals surface area contributed by atoms with Gasteiger partial charge >= 0.3 is 0 Å². The summed E-state index contributed by atoms with van der Waals surface area (Å²) in [4.78, 5) is 22.4. The highest BCUT2D eigenvalue weighted by Crippen LogP contribution is 2.29. The summed E-state index contributed by atoms with van der Waals surface area (Å²) in [7, 11) is 1.66. The second-order valence-electron chi connectivity index (χ2n) is 6.84. The van der Waals surface area contributed by atoms with Gasteiger partial charge in [0.25, 0.3) is 5.56 Å². The molecule has 4 rings (SSSR count). The van der Waals surface area contributed by atoms with E-state index < -0.39 is 0 Å². The summed E-state index contributed by atoms with van der Waals surface area (Å²) < 4.78 is 6.98. The molecule has 29 heavy (non-hydrogen) atoms. The van der Waals surface area contributed by atoms with Crippen molar-refractivity contribution in [2.45, 2.75) is 30.8 Å². The summed E-state index contributed by atoms with van der Waals surface area (Å²) in [6, 6.07) is 15.4. The van der Waals surface area contributed by atoms with Gasteiger partial charge < -0.3 is 4.74 Å². The molecule has 2 aromatic carbocycles. The zero-order valence-electron chi connectivity index (χ0n) is 16.5. The first kappa shape index (κ1) is 19.7. The summed E-state index contributed by atoms with van der Waals surface area (Å²) in [5, 5.41) is 4.41. The molecule has 5 nitrogen and oxygen atoms in total. The van der Waals surface area contributed by atoms with Crippen LogP contribution in [-0.2, 0) is 5.75 Å². The van der Waals surface area contributed by atoms with E-state index in [4.69, 9.17) is 14.7 Å². The van der Waals surface area contributed by atoms with E-state index in [-0.39, 0.29) is 11.6 Å². The van der Waals surface area contributed by atoms with Crippen LogP contribution in [-0.4, -0.2) is 21.6 Å². The largest absolute Gasteiger partial charge is 0.497 e. The standard InChI is InChI=1S/C22H21N3O2S2/c1-14(2)25-21(26)18-6-4-5-7-19(18)24-22(25)29-13-16-12-28-20(23-16)15-8-10-17(27-3)11-9-15/h4-12,14H,13H2,1-3H3. The molecule has 0 saturated carbocycles. The zero-order valence-corrected chi connectivity index (χ0v) is 18.1. The minimum atomic E-state index is 0.00491. The Labute approximate surface area is 177 Å². The first-order chi connectivity index (χ1) is 14.1. The van der Waals surface area contributed by atoms with Crippen LogP contribution in [0.25, 0.3) is 21.5 Å². The average molecular weight is 424 g/mol. The Morgan fingerprint density at radius 3 is 2.59 bits per heavy atom. The first-order valence-electron chi connectivity index (χ1n) is 9.29. The van der Waals surface area contributed by atoms with E-state index in [0.717, 1.165) is 32.7 Å². The Bertz CT molecular complexity index is 1200. The van der Waals surface area contributed by atoms with Crippen molar-refractivity contribution in [1.29, 1.82) is 0 Å². The highest BCUT2D eigenvalue weighted by molar-refractivity contribution is 7.98. The normalized spacial score (nSPS) is 11.3. The fraction of sp³-hybridized carbons (Fsp3) is 0.227. The SMILES string of the molecule is COc1ccc(-c2nc(CSc3nc4ccccc4c(=O)n3C(C)C)cs2)cc1. The lowest BCUT2D eigenvalue weighted by Crippen LogP contribution is -2.25. The molecule has 0 aliphatic rings. The van der Waals surface area contributed by atoms with E-state index >= 15 is 0 Å². The van der Waals surface area contributed by atoms with Crippen molar-refractivity contribution in [3.05, 3.63) is 70.0 Å². The number of benzene rings is 2. The van der Waals surface area contributed by atoms with Gasteiger partial charge in [0.15, 0.2) is 5.16 Å². The number of hydrogen-bond acceptors (Lipinski definition) is 6. The number of para-hydroxylation sites is 1. The molecule has 0 N–H and O–H groups in total. The van der Waals surface area contributed by atoms with Crippen LogP contribution in [0.15, 0.2) is 63.9 Å². The molecule has 0 amide bonds. The molecule has 0 bridgehead atoms. The van der Waals surface area contributed by atoms with E-state index in [9.17, 15) is 4.79 Å². The fourth-order valence-corrected chi connectivity index (χ4v) is 5.01. The van der Waals surface area contributed by atoms with Crippen molar-refractivity contribution in [2.24, 2.45) is 0 Å². The molecule has 0 spiro atoms. The Morgan fingerprint density at radius 2 is 1.86 bits per heavy atom. The van der Waals surface area contributed by atoms with Gasteiger partial charge in [0.1, 0.15) is 10.8 Å². The molecule has 2 heterocycles. The lowest BCUT2D eigenvalue weighted by molar-refractivity contribution is 0.415. The summed E-state index contributed by atoms with van der Waals surface area (Å²) in [5.41, 5.74) is 2.78. The van der Waals surface area contributed by atoms with Gasteiger partial charge in [0.05, 0.1) is 23.7 Å². The number of ether oxygens (including phenoxy) is 1. The quantitative estimate of drug-likeness (QED) is 0.307. The molecule has 0 saturated heterocycles. The van der Waals surface area contributed by atoms with E-state index in [2.05, 4.69) is 5.38 Å². The van der Waals surface area contributed by atoms with Crippen LogP contribution in [0.2, 0.25) is 0 Å². The van der Waals surface area contributed by atoms with Crippen LogP contribution in [0.5, 0.6) is 5.75 Å². The third-order valence-electron chi connectivity index (χ3n) is 4.53. The maximum absolute atomic E-state index is 12.9. The number of rotatable bonds is 6. The van der Waals surface area contributed by atoms with Crippen molar-refractivity contribution in [3.63, 3.8) is 0 Å². The molecule has 0 unspecified atom stereocenters. The maximum Gasteiger partial charge on any atom is 0.262 e. The predicted octanol–water partition coefficient (Wildman–Crippen LogP) is 5.40. The van der Waals surface area contributed by atoms with Gasteiger partial charge in [-0.2, -0.15) is 0 Å². The second-order valence-corrected chi connectivity index (χ2v) is 8.64. The number of fused-ring (bicyclic) bond motifs is 1. The van der Waals surface area contributed by atoms with Gasteiger partial charge in [-0.25, -0.2) is 9.97 Å². The van der Waals surface area contributed by atoms with Crippen LogP contribution in [0.1, 0.15) is 25.6 Å². The van der Waals surface area contributed by atoms with Gasteiger partial charge in [-0.1, -0.05) is 23.9 Å². The van der Waals surface area contributed by atoms with E-state index in [1.807, 2.05) is 62.4 Å². The predicted molar refractivity (Wildman–Crippen MR) is 120 cm³/mol. The third-order valence-corrected chi connectivity index (χ3v) is 6.46. The summed E-state index contributed by atoms with van der Waals surface area (Å²) in [5.74, 6) is 1.49. The van der Waals surface area contributed by atoms with Crippen LogP contribution in [0, 0.1) is 0 Å². The number of methoxy groups -OCH3 is 1. The highest BCUT2D eigenvalue weighted by atomic mass is 32.2. The lowest BCUT2D eigenvalue weighted by atomic mass is 10.2. The number of thiazole rings is 1. The minimum Gasteiger partial charge on any atom is -0.497 e. The van der Waals surface area contributed by atoms with Crippen molar-refractivity contribution in [2.75, 3.05) is 7.11 Å². The second kappa shape index (κ2) is 8.39. The minimum absolute atomic E-state index is 0.00491. The topological polar surface area (TPSA) is 57.0 Å². The maximum atomic E-state index is 12.9. The van der Waals surface area contributed by atoms with Crippen molar-refractivity contribution in [3.8, 4) is 16.3 Å². The van der Waals surface area contributed by atoms with Gasteiger partial charge in [0.2, 0.25) is 0 Å². The molecule has 0 atom stereocenters. The van der Waals surface area contributed by atoms with Crippen molar-refractivity contribution < 1.29 is 4.74 Å². The van der Waals surface area contributed by atoms with Gasteiger partial charge in [-0.05, 0) is 50.2 Å². The highest BCUT2D eigenvalue weighted by Gasteiger charge is 2.15. The molecule has 2 aromatic heterocycles. The van der Waals surface area contributed by atoms with E-state index in [0.29, 0.717) is 11.1 Å². The van der Waals surface area contributed by atoms with E-state index in [1.165, 1.54) is 0 Å². The van der Waals surface area contributed by atoms with Crippen LogP contribution < -0.4 is 10.3 Å². The molecular weight excluding hydrogens is 402 g/mol. The zero-order chi connectivity index (χ0) is 20.4. The molecule has 0 aliphatic heterocycles. The molecule has 7 heteroatoms. The van der Waals surface area contributed by atoms with Gasteiger partial charge in [-0.15, -0.1) is 11.3 Å². The molecular formula is C22H21N3O2S2. The van der Waals surface area contributed by atoms with Crippen LogP contribution >= 0.6 is 23.1 Å². The summed E-state index contributed by atoms with van der Waals surface area (Å²) in [6.07, 6.45) is 0. The van der Waals surface area contributed by atoms with Crippen molar-refractivity contribution >= 4 is 34.0 Å². The van der Waals surface area contributed by atoms with Gasteiger partial charge in [-0.3, -0.25) is 9.36 Å². The third kappa shape index (κ3) is 4.06. The monoisotopic (exact) mass is 423 g/mol. The molecule has 0 radical (unpaired) electrons. The Morgan fingerprint density at radius 1 is 1.10 bits per heavy atom. The molecule has 0 aliphatic carbocycles. The Balaban J connectivity index is 1.59. The molecule has 0 fully saturated rings.